The maximum Gasteiger partial charge on any atom is 0.243 e. The maximum absolute atomic E-state index is 13.0. The van der Waals surface area contributed by atoms with Crippen molar-refractivity contribution in [2.75, 3.05) is 19.8 Å². The second-order valence-corrected chi connectivity index (χ2v) is 7.66. The fourth-order valence-electron chi connectivity index (χ4n) is 2.60. The number of rotatable bonds is 5. The van der Waals surface area contributed by atoms with Crippen LogP contribution in [0.3, 0.4) is 0 Å². The minimum absolute atomic E-state index is 0.223. The molecule has 0 spiro atoms. The molecule has 128 valence electrons. The number of fused-ring (bicyclic) bond motifs is 1. The lowest BCUT2D eigenvalue weighted by Gasteiger charge is -2.23. The molecular formula is C18H21NO4S. The van der Waals surface area contributed by atoms with E-state index in [0.717, 1.165) is 11.1 Å². The van der Waals surface area contributed by atoms with Crippen LogP contribution >= 0.6 is 0 Å². The Morgan fingerprint density at radius 3 is 2.33 bits per heavy atom. The molecule has 0 atom stereocenters. The lowest BCUT2D eigenvalue weighted by molar-refractivity contribution is 0.171. The predicted octanol–water partition coefficient (Wildman–Crippen LogP) is 2.98. The molecule has 0 radical (unpaired) electrons. The van der Waals surface area contributed by atoms with Crippen molar-refractivity contribution in [3.05, 3.63) is 53.6 Å². The van der Waals surface area contributed by atoms with Gasteiger partial charge in [0.1, 0.15) is 13.2 Å². The lowest BCUT2D eigenvalue weighted by Crippen LogP contribution is -2.30. The third kappa shape index (κ3) is 3.39. The monoisotopic (exact) mass is 347 g/mol. The summed E-state index contributed by atoms with van der Waals surface area (Å²) in [6, 6.07) is 12.7. The molecule has 0 aromatic heterocycles. The van der Waals surface area contributed by atoms with Crippen molar-refractivity contribution >= 4 is 10.0 Å². The first-order valence-electron chi connectivity index (χ1n) is 7.96. The van der Waals surface area contributed by atoms with Crippen LogP contribution in [-0.4, -0.2) is 32.5 Å². The largest absolute Gasteiger partial charge is 0.486 e. The summed E-state index contributed by atoms with van der Waals surface area (Å²) in [6.07, 6.45) is 0. The van der Waals surface area contributed by atoms with Gasteiger partial charge in [-0.15, -0.1) is 0 Å². The molecular weight excluding hydrogens is 326 g/mol. The highest BCUT2D eigenvalue weighted by Crippen LogP contribution is 2.33. The fraction of sp³-hybridized carbons (Fsp3) is 0.333. The van der Waals surface area contributed by atoms with Crippen molar-refractivity contribution in [3.8, 4) is 11.5 Å². The van der Waals surface area contributed by atoms with E-state index >= 15 is 0 Å². The Balaban J connectivity index is 1.88. The number of hydrogen-bond donors (Lipinski definition) is 0. The molecule has 3 rings (SSSR count). The Labute approximate surface area is 142 Å². The molecule has 5 nitrogen and oxygen atoms in total. The van der Waals surface area contributed by atoms with E-state index in [-0.39, 0.29) is 4.90 Å². The van der Waals surface area contributed by atoms with Crippen LogP contribution in [0.15, 0.2) is 47.4 Å². The Kier molecular flexibility index (Phi) is 4.78. The molecule has 0 fully saturated rings. The van der Waals surface area contributed by atoms with Gasteiger partial charge in [0.2, 0.25) is 10.0 Å². The number of nitrogens with zero attached hydrogens (tertiary/aromatic N) is 1. The average molecular weight is 347 g/mol. The smallest absolute Gasteiger partial charge is 0.243 e. The SMILES string of the molecule is CCN(Cc1ccc(C)cc1)S(=O)(=O)c1ccc2c(c1)OCCO2. The van der Waals surface area contributed by atoms with Gasteiger partial charge >= 0.3 is 0 Å². The number of benzene rings is 2. The van der Waals surface area contributed by atoms with Crippen LogP contribution in [0.1, 0.15) is 18.1 Å². The first-order valence-corrected chi connectivity index (χ1v) is 9.40. The zero-order chi connectivity index (χ0) is 17.2. The van der Waals surface area contributed by atoms with E-state index in [2.05, 4.69) is 0 Å². The third-order valence-electron chi connectivity index (χ3n) is 3.98. The van der Waals surface area contributed by atoms with E-state index in [1.54, 1.807) is 18.2 Å². The zero-order valence-corrected chi connectivity index (χ0v) is 14.7. The summed E-state index contributed by atoms with van der Waals surface area (Å²) < 4.78 is 38.3. The summed E-state index contributed by atoms with van der Waals surface area (Å²) in [5.74, 6) is 1.07. The van der Waals surface area contributed by atoms with E-state index in [1.807, 2.05) is 38.1 Å². The first-order chi connectivity index (χ1) is 11.5. The van der Waals surface area contributed by atoms with Crippen molar-refractivity contribution < 1.29 is 17.9 Å². The van der Waals surface area contributed by atoms with Crippen LogP contribution in [0, 0.1) is 6.92 Å². The van der Waals surface area contributed by atoms with Gasteiger partial charge in [0.15, 0.2) is 11.5 Å². The van der Waals surface area contributed by atoms with Gasteiger partial charge in [-0.1, -0.05) is 36.8 Å². The van der Waals surface area contributed by atoms with Crippen molar-refractivity contribution in [1.82, 2.24) is 4.31 Å². The number of sulfonamides is 1. The second-order valence-electron chi connectivity index (χ2n) is 5.72. The van der Waals surface area contributed by atoms with Crippen LogP contribution in [0.4, 0.5) is 0 Å². The number of ether oxygens (including phenoxy) is 2. The summed E-state index contributed by atoms with van der Waals surface area (Å²) in [6.45, 7) is 5.49. The minimum Gasteiger partial charge on any atom is -0.486 e. The molecule has 0 amide bonds. The quantitative estimate of drug-likeness (QED) is 0.834. The standard InChI is InChI=1S/C18H21NO4S/c1-3-19(13-15-6-4-14(2)5-7-15)24(20,21)16-8-9-17-18(12-16)23-11-10-22-17/h4-9,12H,3,10-11,13H2,1-2H3. The Morgan fingerprint density at radius 2 is 1.67 bits per heavy atom. The number of aryl methyl sites for hydroxylation is 1. The summed E-state index contributed by atoms with van der Waals surface area (Å²) >= 11 is 0. The van der Waals surface area contributed by atoms with Crippen molar-refractivity contribution in [2.45, 2.75) is 25.3 Å². The van der Waals surface area contributed by atoms with E-state index < -0.39 is 10.0 Å². The average Bonchev–Trinajstić information content (AvgIpc) is 2.60. The van der Waals surface area contributed by atoms with Gasteiger partial charge in [-0.05, 0) is 24.6 Å². The summed E-state index contributed by atoms with van der Waals surface area (Å²) in [4.78, 5) is 0.223. The third-order valence-corrected chi connectivity index (χ3v) is 5.90. The van der Waals surface area contributed by atoms with Crippen LogP contribution < -0.4 is 9.47 Å². The molecule has 1 aliphatic heterocycles. The van der Waals surface area contributed by atoms with Crippen LogP contribution in [0.2, 0.25) is 0 Å². The fourth-order valence-corrected chi connectivity index (χ4v) is 4.05. The van der Waals surface area contributed by atoms with Crippen molar-refractivity contribution in [2.24, 2.45) is 0 Å². The highest BCUT2D eigenvalue weighted by atomic mass is 32.2. The molecule has 6 heteroatoms. The Hall–Kier alpha value is -2.05. The summed E-state index contributed by atoms with van der Waals surface area (Å²) in [7, 11) is -3.60. The second kappa shape index (κ2) is 6.83. The lowest BCUT2D eigenvalue weighted by atomic mass is 10.1. The van der Waals surface area contributed by atoms with E-state index in [9.17, 15) is 8.42 Å². The molecule has 24 heavy (non-hydrogen) atoms. The van der Waals surface area contributed by atoms with Gasteiger partial charge in [-0.3, -0.25) is 0 Å². The van der Waals surface area contributed by atoms with Gasteiger partial charge in [0.05, 0.1) is 4.90 Å². The van der Waals surface area contributed by atoms with Gasteiger partial charge < -0.3 is 9.47 Å². The molecule has 0 N–H and O–H groups in total. The summed E-state index contributed by atoms with van der Waals surface area (Å²) in [5.41, 5.74) is 2.11. The van der Waals surface area contributed by atoms with Crippen molar-refractivity contribution in [3.63, 3.8) is 0 Å². The molecule has 1 heterocycles. The zero-order valence-electron chi connectivity index (χ0n) is 13.9. The Morgan fingerprint density at radius 1 is 1.00 bits per heavy atom. The van der Waals surface area contributed by atoms with E-state index in [0.29, 0.717) is 37.8 Å². The molecule has 0 aliphatic carbocycles. The van der Waals surface area contributed by atoms with Gasteiger partial charge in [-0.25, -0.2) is 8.42 Å². The van der Waals surface area contributed by atoms with Crippen LogP contribution in [0.25, 0.3) is 0 Å². The molecule has 0 unspecified atom stereocenters. The predicted molar refractivity (Wildman–Crippen MR) is 91.9 cm³/mol. The molecule has 0 bridgehead atoms. The van der Waals surface area contributed by atoms with E-state index in [1.165, 1.54) is 4.31 Å². The highest BCUT2D eigenvalue weighted by molar-refractivity contribution is 7.89. The van der Waals surface area contributed by atoms with Gasteiger partial charge in [-0.2, -0.15) is 4.31 Å². The number of hydrogen-bond acceptors (Lipinski definition) is 4. The molecule has 0 saturated heterocycles. The molecule has 2 aromatic rings. The summed E-state index contributed by atoms with van der Waals surface area (Å²) in [5, 5.41) is 0. The minimum atomic E-state index is -3.60. The van der Waals surface area contributed by atoms with Crippen LogP contribution in [0.5, 0.6) is 11.5 Å². The van der Waals surface area contributed by atoms with Crippen molar-refractivity contribution in [1.29, 1.82) is 0 Å². The van der Waals surface area contributed by atoms with Gasteiger partial charge in [0, 0.05) is 19.2 Å². The highest BCUT2D eigenvalue weighted by Gasteiger charge is 2.25. The van der Waals surface area contributed by atoms with Gasteiger partial charge in [0.25, 0.3) is 0 Å². The van der Waals surface area contributed by atoms with Crippen LogP contribution in [-0.2, 0) is 16.6 Å². The molecule has 0 saturated carbocycles. The first kappa shape index (κ1) is 16.8. The molecule has 2 aromatic carbocycles. The van der Waals surface area contributed by atoms with E-state index in [4.69, 9.17) is 9.47 Å². The maximum atomic E-state index is 13.0. The normalized spacial score (nSPS) is 14.0. The molecule has 1 aliphatic rings. The topological polar surface area (TPSA) is 55.8 Å². The Bertz CT molecular complexity index is 815.